The predicted molar refractivity (Wildman–Crippen MR) is 134 cm³/mol. The van der Waals surface area contributed by atoms with E-state index >= 15 is 0 Å². The Bertz CT molecular complexity index is 1330. The van der Waals surface area contributed by atoms with Crippen molar-refractivity contribution < 1.29 is 23.9 Å². The first-order chi connectivity index (χ1) is 17.8. The number of Topliss-reactive ketones (excluding diaryl/α,β-unsaturated/α-hetero) is 1. The summed E-state index contributed by atoms with van der Waals surface area (Å²) in [6.07, 6.45) is 5.93. The second kappa shape index (κ2) is 10.4. The summed E-state index contributed by atoms with van der Waals surface area (Å²) in [7, 11) is 0. The summed E-state index contributed by atoms with van der Waals surface area (Å²) in [5.74, 6) is -0.981. The number of aliphatic hydroxyl groups excluding tert-OH is 1. The molecule has 2 N–H and O–H groups in total. The van der Waals surface area contributed by atoms with Crippen LogP contribution in [0.4, 0.5) is 4.39 Å². The molecule has 1 aliphatic carbocycles. The summed E-state index contributed by atoms with van der Waals surface area (Å²) in [5, 5.41) is 21.5. The van der Waals surface area contributed by atoms with Crippen LogP contribution >= 0.6 is 0 Å². The molecule has 1 saturated carbocycles. The first-order valence-corrected chi connectivity index (χ1v) is 12.6. The van der Waals surface area contributed by atoms with Crippen LogP contribution in [0.3, 0.4) is 0 Å². The van der Waals surface area contributed by atoms with Crippen molar-refractivity contribution in [3.05, 3.63) is 48.4 Å². The van der Waals surface area contributed by atoms with Gasteiger partial charge < -0.3 is 19.9 Å². The number of fused-ring (bicyclic) bond motifs is 1. The van der Waals surface area contributed by atoms with Crippen molar-refractivity contribution >= 4 is 28.5 Å². The first kappa shape index (κ1) is 25.0. The molecular formula is C27H30FN5O4. The molecule has 2 aromatic heterocycles. The largest absolute Gasteiger partial charge is 0.391 e. The summed E-state index contributed by atoms with van der Waals surface area (Å²) in [5.41, 5.74) is 2.86. The van der Waals surface area contributed by atoms with Crippen LogP contribution in [-0.4, -0.2) is 73.3 Å². The van der Waals surface area contributed by atoms with E-state index < -0.39 is 30.1 Å². The highest BCUT2D eigenvalue weighted by Gasteiger charge is 2.41. The number of carbonyl (C=O) groups is 3. The number of nitrogens with zero attached hydrogens (tertiary/aromatic N) is 4. The molecule has 1 unspecified atom stereocenters. The van der Waals surface area contributed by atoms with E-state index in [-0.39, 0.29) is 31.3 Å². The number of ketones is 1. The Morgan fingerprint density at radius 1 is 1.14 bits per heavy atom. The lowest BCUT2D eigenvalue weighted by Crippen LogP contribution is -2.52. The van der Waals surface area contributed by atoms with E-state index in [1.807, 2.05) is 24.3 Å². The minimum atomic E-state index is -1.30. The fourth-order valence-electron chi connectivity index (χ4n) is 5.45. The average molecular weight is 508 g/mol. The van der Waals surface area contributed by atoms with Crippen LogP contribution in [0.15, 0.2) is 42.9 Å². The molecule has 10 heteroatoms. The molecule has 37 heavy (non-hydrogen) atoms. The lowest BCUT2D eigenvalue weighted by atomic mass is 9.92. The molecule has 2 amide bonds. The maximum absolute atomic E-state index is 14.4. The molecule has 4 atom stereocenters. The van der Waals surface area contributed by atoms with Crippen LogP contribution in [0, 0.1) is 0 Å². The Kier molecular flexibility index (Phi) is 7.01. The van der Waals surface area contributed by atoms with Crippen molar-refractivity contribution in [1.82, 2.24) is 25.0 Å². The summed E-state index contributed by atoms with van der Waals surface area (Å²) >= 11 is 0. The molecule has 1 aliphatic heterocycles. The molecule has 1 saturated heterocycles. The van der Waals surface area contributed by atoms with Gasteiger partial charge in [-0.05, 0) is 43.5 Å². The lowest BCUT2D eigenvalue weighted by molar-refractivity contribution is -0.139. The van der Waals surface area contributed by atoms with Crippen molar-refractivity contribution in [2.45, 2.75) is 69.9 Å². The number of aromatic nitrogens is 3. The SMILES string of the molecule is CC(=O)c1cn(CC(=O)N2C[C@H](F)C[C@H]2C(=O)N[C@H]2CCCCC2O)c2ccc(-c3ccnnc3)cc12. The van der Waals surface area contributed by atoms with Crippen molar-refractivity contribution in [1.29, 1.82) is 0 Å². The molecule has 3 aromatic rings. The summed E-state index contributed by atoms with van der Waals surface area (Å²) < 4.78 is 16.1. The molecule has 0 radical (unpaired) electrons. The van der Waals surface area contributed by atoms with Gasteiger partial charge in [0.05, 0.1) is 31.1 Å². The third kappa shape index (κ3) is 5.11. The zero-order valence-corrected chi connectivity index (χ0v) is 20.6. The second-order valence-corrected chi connectivity index (χ2v) is 9.95. The van der Waals surface area contributed by atoms with Gasteiger partial charge in [-0.15, -0.1) is 0 Å². The number of benzene rings is 1. The number of nitrogens with one attached hydrogen (secondary N) is 1. The van der Waals surface area contributed by atoms with Crippen LogP contribution in [0.25, 0.3) is 22.0 Å². The van der Waals surface area contributed by atoms with Crippen molar-refractivity contribution in [3.63, 3.8) is 0 Å². The highest BCUT2D eigenvalue weighted by atomic mass is 19.1. The van der Waals surface area contributed by atoms with E-state index in [9.17, 15) is 23.9 Å². The number of amides is 2. The maximum Gasteiger partial charge on any atom is 0.243 e. The van der Waals surface area contributed by atoms with Crippen LogP contribution in [0.2, 0.25) is 0 Å². The highest BCUT2D eigenvalue weighted by Crippen LogP contribution is 2.29. The molecule has 0 spiro atoms. The van der Waals surface area contributed by atoms with Gasteiger partial charge in [-0.3, -0.25) is 14.4 Å². The first-order valence-electron chi connectivity index (χ1n) is 12.6. The highest BCUT2D eigenvalue weighted by molar-refractivity contribution is 6.08. The Hall–Kier alpha value is -3.66. The summed E-state index contributed by atoms with van der Waals surface area (Å²) in [6.45, 7) is 1.17. The quantitative estimate of drug-likeness (QED) is 0.496. The van der Waals surface area contributed by atoms with E-state index in [0.717, 1.165) is 24.0 Å². The van der Waals surface area contributed by atoms with Gasteiger partial charge in [0.25, 0.3) is 0 Å². The predicted octanol–water partition coefficient (Wildman–Crippen LogP) is 2.66. The molecule has 0 bridgehead atoms. The Morgan fingerprint density at radius 2 is 1.95 bits per heavy atom. The van der Waals surface area contributed by atoms with Crippen LogP contribution in [-0.2, 0) is 16.1 Å². The molecule has 9 nitrogen and oxygen atoms in total. The van der Waals surface area contributed by atoms with Gasteiger partial charge in [0, 0.05) is 34.6 Å². The van der Waals surface area contributed by atoms with Crippen LogP contribution in [0.5, 0.6) is 0 Å². The van der Waals surface area contributed by atoms with Crippen LogP contribution < -0.4 is 5.32 Å². The molecule has 194 valence electrons. The maximum atomic E-state index is 14.4. The topological polar surface area (TPSA) is 117 Å². The van der Waals surface area contributed by atoms with E-state index in [2.05, 4.69) is 15.5 Å². The summed E-state index contributed by atoms with van der Waals surface area (Å²) in [4.78, 5) is 40.0. The number of halogens is 1. The Morgan fingerprint density at radius 3 is 2.68 bits per heavy atom. The fourth-order valence-corrected chi connectivity index (χ4v) is 5.45. The molecular weight excluding hydrogens is 477 g/mol. The molecule has 1 aromatic carbocycles. The minimum Gasteiger partial charge on any atom is -0.391 e. The minimum absolute atomic E-state index is 0.0746. The zero-order valence-electron chi connectivity index (χ0n) is 20.6. The Labute approximate surface area is 213 Å². The number of carbonyl (C=O) groups excluding carboxylic acids is 3. The van der Waals surface area contributed by atoms with Gasteiger partial charge >= 0.3 is 0 Å². The third-order valence-electron chi connectivity index (χ3n) is 7.41. The molecule has 3 heterocycles. The monoisotopic (exact) mass is 507 g/mol. The zero-order chi connectivity index (χ0) is 26.1. The average Bonchev–Trinajstić information content (AvgIpc) is 3.46. The molecule has 5 rings (SSSR count). The fraction of sp³-hybridized carbons (Fsp3) is 0.444. The van der Waals surface area contributed by atoms with E-state index in [4.69, 9.17) is 0 Å². The molecule has 2 fully saturated rings. The smallest absolute Gasteiger partial charge is 0.243 e. The van der Waals surface area contributed by atoms with Crippen LogP contribution in [0.1, 0.15) is 49.4 Å². The lowest BCUT2D eigenvalue weighted by Gasteiger charge is -2.31. The van der Waals surface area contributed by atoms with E-state index in [0.29, 0.717) is 29.3 Å². The van der Waals surface area contributed by atoms with Gasteiger partial charge in [0.15, 0.2) is 5.78 Å². The number of alkyl halides is 1. The van der Waals surface area contributed by atoms with Gasteiger partial charge in [0.1, 0.15) is 18.8 Å². The van der Waals surface area contributed by atoms with Gasteiger partial charge in [-0.25, -0.2) is 4.39 Å². The summed E-state index contributed by atoms with van der Waals surface area (Å²) in [6, 6.07) is 6.10. The normalized spacial score (nSPS) is 23.8. The Balaban J connectivity index is 1.38. The number of aliphatic hydroxyl groups is 1. The van der Waals surface area contributed by atoms with Gasteiger partial charge in [0.2, 0.25) is 11.8 Å². The van der Waals surface area contributed by atoms with E-state index in [1.54, 1.807) is 23.2 Å². The number of rotatable bonds is 6. The van der Waals surface area contributed by atoms with Gasteiger partial charge in [-0.1, -0.05) is 18.9 Å². The van der Waals surface area contributed by atoms with Crippen molar-refractivity contribution in [3.8, 4) is 11.1 Å². The van der Waals surface area contributed by atoms with Gasteiger partial charge in [-0.2, -0.15) is 10.2 Å². The number of likely N-dealkylation sites (tertiary alicyclic amines) is 1. The van der Waals surface area contributed by atoms with Crippen molar-refractivity contribution in [2.24, 2.45) is 0 Å². The molecule has 2 aliphatic rings. The second-order valence-electron chi connectivity index (χ2n) is 9.95. The third-order valence-corrected chi connectivity index (χ3v) is 7.41. The number of hydrogen-bond acceptors (Lipinski definition) is 6. The van der Waals surface area contributed by atoms with Crippen molar-refractivity contribution in [2.75, 3.05) is 6.54 Å². The standard InChI is InChI=1S/C27H30FN5O4/c1-16(34)21-14-32(23-7-6-17(10-20(21)23)18-8-9-29-30-12-18)15-26(36)33-13-19(28)11-24(33)27(37)31-22-4-2-3-5-25(22)35/h6-10,12,14,19,22,24-25,35H,2-5,11,13,15H2,1H3,(H,31,37)/t19-,22+,24+,25?/m1/s1. The number of hydrogen-bond donors (Lipinski definition) is 2. The van der Waals surface area contributed by atoms with E-state index in [1.165, 1.54) is 11.8 Å².